The first-order chi connectivity index (χ1) is 22.1. The molecule has 1 amide bonds. The number of hydrogen-bond acceptors (Lipinski definition) is 5. The smallest absolute Gasteiger partial charge is 0.420 e. The highest BCUT2D eigenvalue weighted by molar-refractivity contribution is 6.80. The summed E-state index contributed by atoms with van der Waals surface area (Å²) in [6.45, 7) is 17.6. The number of hydrogen-bond donors (Lipinski definition) is 0. The number of carbonyl (C=O) groups excluding carboxylic acids is 1. The predicted octanol–water partition coefficient (Wildman–Crippen LogP) is 9.45. The van der Waals surface area contributed by atoms with E-state index in [4.69, 9.17) is 48.9 Å². The summed E-state index contributed by atoms with van der Waals surface area (Å²) in [7, 11) is -2.26. The second-order valence-electron chi connectivity index (χ2n) is 13.5. The van der Waals surface area contributed by atoms with Crippen molar-refractivity contribution in [2.45, 2.75) is 72.5 Å². The summed E-state index contributed by atoms with van der Waals surface area (Å²) < 4.78 is 13.3. The quantitative estimate of drug-likeness (QED) is 0.0933. The summed E-state index contributed by atoms with van der Waals surface area (Å²) in [5.74, 6) is 0.205. The Kier molecular flexibility index (Phi) is 12.0. The van der Waals surface area contributed by atoms with E-state index in [2.05, 4.69) is 56.6 Å². The number of aromatic nitrogens is 2. The van der Waals surface area contributed by atoms with Crippen molar-refractivity contribution in [1.29, 1.82) is 0 Å². The molecule has 4 aromatic rings. The van der Waals surface area contributed by atoms with Crippen LogP contribution in [0.25, 0.3) is 0 Å². The van der Waals surface area contributed by atoms with E-state index in [1.54, 1.807) is 45.9 Å². The van der Waals surface area contributed by atoms with Gasteiger partial charge in [0.2, 0.25) is 9.04 Å². The first-order valence-corrected chi connectivity index (χ1v) is 18.2. The third-order valence-electron chi connectivity index (χ3n) is 7.43. The highest BCUT2D eigenvalue weighted by atomic mass is 35.5. The van der Waals surface area contributed by atoms with Crippen molar-refractivity contribution in [1.82, 2.24) is 9.97 Å². The van der Waals surface area contributed by atoms with Crippen LogP contribution in [0.15, 0.2) is 91.5 Å². The molecular formula is C37H42Cl3N3O3Si. The monoisotopic (exact) mass is 709 g/mol. The van der Waals surface area contributed by atoms with Crippen LogP contribution in [-0.4, -0.2) is 36.8 Å². The number of amides is 1. The third kappa shape index (κ3) is 9.24. The Bertz CT molecular complexity index is 1650. The summed E-state index contributed by atoms with van der Waals surface area (Å²) >= 11 is 20.1. The zero-order chi connectivity index (χ0) is 34.5. The summed E-state index contributed by atoms with van der Waals surface area (Å²) in [5.41, 5.74) is -0.347. The van der Waals surface area contributed by atoms with Crippen LogP contribution in [0, 0.1) is 12.3 Å². The highest BCUT2D eigenvalue weighted by Gasteiger charge is 2.41. The van der Waals surface area contributed by atoms with Crippen LogP contribution < -0.4 is 15.3 Å². The number of allylic oxidation sites excluding steroid dienone is 1. The Morgan fingerprint density at radius 3 is 1.98 bits per heavy atom. The molecule has 2 unspecified atom stereocenters. The van der Waals surface area contributed by atoms with Gasteiger partial charge in [-0.1, -0.05) is 122 Å². The van der Waals surface area contributed by atoms with E-state index in [-0.39, 0.29) is 16.0 Å². The molecule has 0 radical (unpaired) electrons. The fourth-order valence-corrected chi connectivity index (χ4v) is 9.09. The number of ether oxygens (including phenoxy) is 1. The molecule has 3 aromatic carbocycles. The molecule has 2 atom stereocenters. The number of benzene rings is 3. The molecule has 4 rings (SSSR count). The molecule has 0 saturated carbocycles. The second kappa shape index (κ2) is 15.3. The Hall–Kier alpha value is -3.20. The molecule has 47 heavy (non-hydrogen) atoms. The topological polar surface area (TPSA) is 64.6 Å². The van der Waals surface area contributed by atoms with E-state index in [1.165, 1.54) is 4.90 Å². The first-order valence-electron chi connectivity index (χ1n) is 15.5. The highest BCUT2D eigenvalue weighted by Crippen LogP contribution is 2.45. The Morgan fingerprint density at radius 2 is 1.49 bits per heavy atom. The van der Waals surface area contributed by atoms with E-state index in [9.17, 15) is 4.79 Å². The summed E-state index contributed by atoms with van der Waals surface area (Å²) in [4.78, 5) is 24.9. The zero-order valence-electron chi connectivity index (χ0n) is 27.9. The Balaban J connectivity index is 1.98. The number of nitrogens with zero attached hydrogens (tertiary/aromatic N) is 3. The maximum Gasteiger partial charge on any atom is 0.420 e. The molecule has 6 nitrogen and oxygen atoms in total. The minimum Gasteiger partial charge on any atom is -0.443 e. The van der Waals surface area contributed by atoms with Gasteiger partial charge in [-0.05, 0) is 68.1 Å². The van der Waals surface area contributed by atoms with Crippen molar-refractivity contribution in [3.05, 3.63) is 118 Å². The Morgan fingerprint density at radius 1 is 0.915 bits per heavy atom. The predicted molar refractivity (Wildman–Crippen MR) is 198 cm³/mol. The number of carbonyl (C=O) groups is 1. The van der Waals surface area contributed by atoms with Crippen molar-refractivity contribution in [3.8, 4) is 0 Å². The molecule has 1 heterocycles. The number of halogens is 3. The van der Waals surface area contributed by atoms with E-state index < -0.39 is 38.2 Å². The molecule has 10 heteroatoms. The van der Waals surface area contributed by atoms with Gasteiger partial charge in [0, 0.05) is 16.5 Å². The van der Waals surface area contributed by atoms with Crippen LogP contribution >= 0.6 is 34.8 Å². The van der Waals surface area contributed by atoms with Crippen molar-refractivity contribution >= 4 is 71.8 Å². The maximum absolute atomic E-state index is 14.1. The molecule has 0 aliphatic heterocycles. The van der Waals surface area contributed by atoms with Crippen molar-refractivity contribution in [2.24, 2.45) is 5.41 Å². The largest absolute Gasteiger partial charge is 0.443 e. The van der Waals surface area contributed by atoms with E-state index >= 15 is 0 Å². The van der Waals surface area contributed by atoms with Gasteiger partial charge in [-0.15, -0.1) is 6.58 Å². The second-order valence-corrected chi connectivity index (χ2v) is 17.0. The Labute approximate surface area is 295 Å². The fraction of sp³-hybridized carbons (Fsp3) is 0.324. The SMILES string of the molecule is C=CCC(c1c(Cl)nc(C)nc1N(C(=O)OC(C)(C)C)c1ccc(Cl)cc1Cl)C(O[SiH](c1ccccc1)c1ccccc1)C(C)(C)C. The molecule has 0 N–H and O–H groups in total. The minimum absolute atomic E-state index is 0.202. The van der Waals surface area contributed by atoms with Gasteiger partial charge in [-0.3, -0.25) is 0 Å². The van der Waals surface area contributed by atoms with Gasteiger partial charge < -0.3 is 9.16 Å². The maximum atomic E-state index is 14.1. The lowest BCUT2D eigenvalue weighted by molar-refractivity contribution is 0.0589. The fourth-order valence-electron chi connectivity index (χ4n) is 5.52. The van der Waals surface area contributed by atoms with Crippen LogP contribution in [0.5, 0.6) is 0 Å². The summed E-state index contributed by atoms with van der Waals surface area (Å²) in [6, 6.07) is 25.5. The molecule has 0 fully saturated rings. The molecule has 0 saturated heterocycles. The van der Waals surface area contributed by atoms with Gasteiger partial charge in [0.05, 0.1) is 16.8 Å². The molecular weight excluding hydrogens is 669 g/mol. The lowest BCUT2D eigenvalue weighted by Gasteiger charge is -2.41. The standard InChI is InChI=1S/C37H42Cl3N3O3Si/c1-9-16-28(32(36(3,4)5)46-47(26-17-12-10-13-18-26)27-19-14-11-15-20-27)31-33(40)41-24(2)42-34(31)43(35(44)45-37(6,7)8)30-22-21-25(38)23-29(30)39/h9-15,17-23,28,32,47H,1,16H2,2-8H3. The molecule has 248 valence electrons. The van der Waals surface area contributed by atoms with Gasteiger partial charge in [0.15, 0.2) is 5.82 Å². The molecule has 0 bridgehead atoms. The summed E-state index contributed by atoms with van der Waals surface area (Å²) in [5, 5.41) is 3.14. The van der Waals surface area contributed by atoms with Crippen LogP contribution in [-0.2, 0) is 9.16 Å². The van der Waals surface area contributed by atoms with E-state index in [1.807, 2.05) is 42.5 Å². The van der Waals surface area contributed by atoms with Gasteiger partial charge in [0.1, 0.15) is 16.6 Å². The minimum atomic E-state index is -2.26. The van der Waals surface area contributed by atoms with Crippen LogP contribution in [0.4, 0.5) is 16.3 Å². The molecule has 1 aromatic heterocycles. The van der Waals surface area contributed by atoms with Crippen LogP contribution in [0.3, 0.4) is 0 Å². The van der Waals surface area contributed by atoms with Gasteiger partial charge in [0.25, 0.3) is 0 Å². The average Bonchev–Trinajstić information content (AvgIpc) is 2.97. The van der Waals surface area contributed by atoms with Crippen molar-refractivity contribution in [2.75, 3.05) is 4.90 Å². The van der Waals surface area contributed by atoms with Crippen LogP contribution in [0.2, 0.25) is 15.2 Å². The van der Waals surface area contributed by atoms with Gasteiger partial charge in [-0.2, -0.15) is 0 Å². The van der Waals surface area contributed by atoms with Gasteiger partial charge in [-0.25, -0.2) is 19.7 Å². The van der Waals surface area contributed by atoms with Crippen LogP contribution in [0.1, 0.15) is 65.3 Å². The van der Waals surface area contributed by atoms with E-state index in [0.717, 1.165) is 10.4 Å². The molecule has 0 spiro atoms. The number of rotatable bonds is 10. The third-order valence-corrected chi connectivity index (χ3v) is 10.8. The number of anilines is 2. The molecule has 0 aliphatic rings. The average molecular weight is 711 g/mol. The first kappa shape index (κ1) is 36.6. The van der Waals surface area contributed by atoms with Crippen molar-refractivity contribution in [3.63, 3.8) is 0 Å². The lowest BCUT2D eigenvalue weighted by atomic mass is 9.77. The van der Waals surface area contributed by atoms with Crippen molar-refractivity contribution < 1.29 is 14.0 Å². The van der Waals surface area contributed by atoms with E-state index in [0.29, 0.717) is 28.5 Å². The van der Waals surface area contributed by atoms with Gasteiger partial charge >= 0.3 is 6.09 Å². The molecule has 0 aliphatic carbocycles. The zero-order valence-corrected chi connectivity index (χ0v) is 31.4. The number of aryl methyl sites for hydroxylation is 1. The normalized spacial score (nSPS) is 13.3. The summed E-state index contributed by atoms with van der Waals surface area (Å²) in [6.07, 6.45) is 1.20. The lowest BCUT2D eigenvalue weighted by Crippen LogP contribution is -2.51.